The number of benzene rings is 2. The van der Waals surface area contributed by atoms with Crippen molar-refractivity contribution in [1.82, 2.24) is 10.2 Å². The van der Waals surface area contributed by atoms with Gasteiger partial charge in [-0.25, -0.2) is 0 Å². The molecule has 2 aliphatic rings. The summed E-state index contributed by atoms with van der Waals surface area (Å²) in [5.74, 6) is -0.626. The number of amides is 3. The molecule has 7 nitrogen and oxygen atoms in total. The number of methoxy groups -OCH3 is 1. The van der Waals surface area contributed by atoms with E-state index in [2.05, 4.69) is 55.7 Å². The predicted octanol–water partition coefficient (Wildman–Crippen LogP) is 3.84. The molecular weight excluding hydrogens is 442 g/mol. The lowest BCUT2D eigenvalue weighted by Gasteiger charge is -2.37. The van der Waals surface area contributed by atoms with Crippen molar-refractivity contribution >= 4 is 35.6 Å². The van der Waals surface area contributed by atoms with Gasteiger partial charge in [0, 0.05) is 19.7 Å². The smallest absolute Gasteiger partial charge is 0.256 e. The molecule has 3 amide bonds. The number of anilines is 1. The van der Waals surface area contributed by atoms with Crippen LogP contribution in [-0.2, 0) is 19.7 Å². The van der Waals surface area contributed by atoms with Gasteiger partial charge >= 0.3 is 0 Å². The SMILES string of the molecule is COCC(=O)N[C@H]1CCN2C(=O)c3cc(/C=C/c4ccc(C(C)(C)C)cc4)ccc3NC(=O)[C@@H]2C1. The van der Waals surface area contributed by atoms with E-state index in [0.29, 0.717) is 30.6 Å². The number of nitrogens with one attached hydrogen (secondary N) is 2. The van der Waals surface area contributed by atoms with Crippen LogP contribution in [0.25, 0.3) is 12.2 Å². The predicted molar refractivity (Wildman–Crippen MR) is 137 cm³/mol. The second kappa shape index (κ2) is 10.0. The normalized spacial score (nSPS) is 20.2. The van der Waals surface area contributed by atoms with Gasteiger partial charge in [-0.3, -0.25) is 14.4 Å². The Morgan fingerprint density at radius 3 is 2.49 bits per heavy atom. The molecule has 0 radical (unpaired) electrons. The van der Waals surface area contributed by atoms with Crippen molar-refractivity contribution in [2.24, 2.45) is 0 Å². The van der Waals surface area contributed by atoms with Crippen molar-refractivity contribution in [3.8, 4) is 0 Å². The van der Waals surface area contributed by atoms with Crippen LogP contribution in [0.5, 0.6) is 0 Å². The zero-order chi connectivity index (χ0) is 25.2. The van der Waals surface area contributed by atoms with Crippen LogP contribution >= 0.6 is 0 Å². The lowest BCUT2D eigenvalue weighted by molar-refractivity contribution is -0.127. The Labute approximate surface area is 206 Å². The molecule has 0 aromatic heterocycles. The average Bonchev–Trinajstić information content (AvgIpc) is 2.92. The van der Waals surface area contributed by atoms with Gasteiger partial charge in [-0.05, 0) is 47.1 Å². The van der Waals surface area contributed by atoms with Crippen molar-refractivity contribution in [3.05, 3.63) is 64.7 Å². The molecule has 184 valence electrons. The van der Waals surface area contributed by atoms with Crippen LogP contribution in [0.3, 0.4) is 0 Å². The number of nitrogens with zero attached hydrogens (tertiary/aromatic N) is 1. The van der Waals surface area contributed by atoms with E-state index in [0.717, 1.165) is 11.1 Å². The van der Waals surface area contributed by atoms with E-state index in [4.69, 9.17) is 4.74 Å². The largest absolute Gasteiger partial charge is 0.375 e. The Morgan fingerprint density at radius 1 is 1.11 bits per heavy atom. The zero-order valence-corrected chi connectivity index (χ0v) is 20.8. The lowest BCUT2D eigenvalue weighted by Crippen LogP contribution is -2.55. The second-order valence-corrected chi connectivity index (χ2v) is 10.2. The monoisotopic (exact) mass is 475 g/mol. The molecule has 2 aromatic rings. The van der Waals surface area contributed by atoms with E-state index in [1.165, 1.54) is 12.7 Å². The number of hydrogen-bond acceptors (Lipinski definition) is 4. The highest BCUT2D eigenvalue weighted by molar-refractivity contribution is 6.10. The maximum absolute atomic E-state index is 13.4. The highest BCUT2D eigenvalue weighted by Gasteiger charge is 2.40. The van der Waals surface area contributed by atoms with E-state index in [-0.39, 0.29) is 35.8 Å². The average molecular weight is 476 g/mol. The van der Waals surface area contributed by atoms with Crippen LogP contribution in [-0.4, -0.2) is 55.0 Å². The maximum atomic E-state index is 13.4. The van der Waals surface area contributed by atoms with E-state index in [9.17, 15) is 14.4 Å². The third-order valence-corrected chi connectivity index (χ3v) is 6.58. The fraction of sp³-hybridized carbons (Fsp3) is 0.393. The number of piperidine rings is 1. The van der Waals surface area contributed by atoms with Gasteiger partial charge in [-0.15, -0.1) is 0 Å². The first kappa shape index (κ1) is 24.7. The highest BCUT2D eigenvalue weighted by atomic mass is 16.5. The zero-order valence-electron chi connectivity index (χ0n) is 20.8. The molecule has 1 saturated heterocycles. The van der Waals surface area contributed by atoms with Gasteiger partial charge in [-0.2, -0.15) is 0 Å². The van der Waals surface area contributed by atoms with Crippen molar-refractivity contribution in [2.75, 3.05) is 25.6 Å². The Kier molecular flexibility index (Phi) is 7.08. The summed E-state index contributed by atoms with van der Waals surface area (Å²) in [7, 11) is 1.46. The molecule has 35 heavy (non-hydrogen) atoms. The van der Waals surface area contributed by atoms with Crippen molar-refractivity contribution in [1.29, 1.82) is 0 Å². The summed E-state index contributed by atoms with van der Waals surface area (Å²) in [5, 5.41) is 5.80. The summed E-state index contributed by atoms with van der Waals surface area (Å²) in [6.07, 6.45) is 4.95. The Bertz CT molecular complexity index is 1150. The molecule has 0 aliphatic carbocycles. The summed E-state index contributed by atoms with van der Waals surface area (Å²) in [5.41, 5.74) is 4.33. The fourth-order valence-electron chi connectivity index (χ4n) is 4.60. The number of carbonyl (C=O) groups excluding carboxylic acids is 3. The van der Waals surface area contributed by atoms with Gasteiger partial charge in [-0.1, -0.05) is 63.3 Å². The topological polar surface area (TPSA) is 87.7 Å². The third kappa shape index (κ3) is 5.62. The van der Waals surface area contributed by atoms with Crippen LogP contribution in [0.2, 0.25) is 0 Å². The van der Waals surface area contributed by atoms with Crippen LogP contribution in [0, 0.1) is 0 Å². The maximum Gasteiger partial charge on any atom is 0.256 e. The summed E-state index contributed by atoms with van der Waals surface area (Å²) in [6.45, 7) is 6.93. The van der Waals surface area contributed by atoms with Crippen molar-refractivity contribution in [3.63, 3.8) is 0 Å². The summed E-state index contributed by atoms with van der Waals surface area (Å²) in [4.78, 5) is 39.9. The summed E-state index contributed by atoms with van der Waals surface area (Å²) in [6, 6.07) is 13.1. The molecule has 2 aliphatic heterocycles. The first-order valence-corrected chi connectivity index (χ1v) is 12.0. The number of carbonyl (C=O) groups is 3. The molecule has 0 spiro atoms. The van der Waals surface area contributed by atoms with Crippen LogP contribution in [0.4, 0.5) is 5.69 Å². The Balaban J connectivity index is 1.51. The summed E-state index contributed by atoms with van der Waals surface area (Å²) < 4.78 is 4.87. The van der Waals surface area contributed by atoms with E-state index in [1.807, 2.05) is 24.3 Å². The van der Waals surface area contributed by atoms with Gasteiger partial charge < -0.3 is 20.3 Å². The molecule has 0 saturated carbocycles. The van der Waals surface area contributed by atoms with Gasteiger partial charge in [0.25, 0.3) is 5.91 Å². The van der Waals surface area contributed by atoms with Crippen LogP contribution < -0.4 is 10.6 Å². The minimum Gasteiger partial charge on any atom is -0.375 e. The number of rotatable bonds is 5. The third-order valence-electron chi connectivity index (χ3n) is 6.58. The molecule has 4 rings (SSSR count). The minimum absolute atomic E-state index is 0.0293. The molecule has 1 fully saturated rings. The van der Waals surface area contributed by atoms with Crippen molar-refractivity contribution in [2.45, 2.75) is 51.1 Å². The first-order valence-electron chi connectivity index (χ1n) is 12.0. The fourth-order valence-corrected chi connectivity index (χ4v) is 4.60. The Morgan fingerprint density at radius 2 is 1.80 bits per heavy atom. The molecular formula is C28H33N3O4. The van der Waals surface area contributed by atoms with Crippen LogP contribution in [0.15, 0.2) is 42.5 Å². The van der Waals surface area contributed by atoms with Crippen LogP contribution in [0.1, 0.15) is 60.7 Å². The molecule has 2 heterocycles. The quantitative estimate of drug-likeness (QED) is 0.643. The molecule has 0 bridgehead atoms. The summed E-state index contributed by atoms with van der Waals surface area (Å²) >= 11 is 0. The minimum atomic E-state index is -0.628. The van der Waals surface area contributed by atoms with Gasteiger partial charge in [0.05, 0.1) is 11.3 Å². The number of ether oxygens (including phenoxy) is 1. The molecule has 7 heteroatoms. The molecule has 0 unspecified atom stereocenters. The van der Waals surface area contributed by atoms with Gasteiger partial charge in [0.1, 0.15) is 12.6 Å². The Hall–Kier alpha value is -3.45. The number of fused-ring (bicyclic) bond motifs is 2. The highest BCUT2D eigenvalue weighted by Crippen LogP contribution is 2.30. The first-order chi connectivity index (χ1) is 16.7. The van der Waals surface area contributed by atoms with Gasteiger partial charge in [0.15, 0.2) is 0 Å². The van der Waals surface area contributed by atoms with E-state index in [1.54, 1.807) is 11.0 Å². The van der Waals surface area contributed by atoms with Crippen molar-refractivity contribution < 1.29 is 19.1 Å². The standard InChI is InChI=1S/C28H33N3O4/c1-28(2,3)20-10-7-18(8-11-20)5-6-19-9-12-23-22(15-19)27(34)31-14-13-21(29-25(32)17-35-4)16-24(31)26(33)30-23/h5-12,15,21,24H,13-14,16-17H2,1-4H3,(H,29,32)(H,30,33)/b6-5+/t21-,24-/m0/s1. The lowest BCUT2D eigenvalue weighted by atomic mass is 9.87. The van der Waals surface area contributed by atoms with E-state index >= 15 is 0 Å². The van der Waals surface area contributed by atoms with E-state index < -0.39 is 6.04 Å². The molecule has 2 atom stereocenters. The van der Waals surface area contributed by atoms with Gasteiger partial charge in [0.2, 0.25) is 11.8 Å². The second-order valence-electron chi connectivity index (χ2n) is 10.2. The molecule has 2 N–H and O–H groups in total. The molecule has 2 aromatic carbocycles. The number of hydrogen-bond donors (Lipinski definition) is 2.